The fourth-order valence-electron chi connectivity index (χ4n) is 4.01. The van der Waals surface area contributed by atoms with Crippen LogP contribution in [0.4, 0.5) is 4.79 Å². The summed E-state index contributed by atoms with van der Waals surface area (Å²) in [6.07, 6.45) is -0.436. The molecular formula is C29H48N4O5. The summed E-state index contributed by atoms with van der Waals surface area (Å²) < 4.78 is 5.39. The van der Waals surface area contributed by atoms with E-state index in [0.29, 0.717) is 12.0 Å². The number of aryl methyl sites for hydroxylation is 1. The Morgan fingerprint density at radius 2 is 1.58 bits per heavy atom. The third-order valence-corrected chi connectivity index (χ3v) is 6.37. The zero-order chi connectivity index (χ0) is 29.6. The topological polar surface area (TPSA) is 131 Å². The highest BCUT2D eigenvalue weighted by atomic mass is 16.6. The van der Waals surface area contributed by atoms with Crippen LogP contribution in [0.1, 0.15) is 104 Å². The number of hydrogen-bond acceptors (Lipinski definition) is 5. The quantitative estimate of drug-likeness (QED) is 0.410. The number of nitrogens with two attached hydrogens (primary N) is 1. The van der Waals surface area contributed by atoms with Crippen LogP contribution in [0.2, 0.25) is 0 Å². The number of primary amides is 1. The molecule has 38 heavy (non-hydrogen) atoms. The number of amides is 4. The van der Waals surface area contributed by atoms with Gasteiger partial charge >= 0.3 is 6.09 Å². The average Bonchev–Trinajstić information content (AvgIpc) is 2.73. The van der Waals surface area contributed by atoms with E-state index in [9.17, 15) is 19.2 Å². The second-order valence-corrected chi connectivity index (χ2v) is 12.5. The van der Waals surface area contributed by atoms with Crippen LogP contribution in [-0.4, -0.2) is 51.4 Å². The Balaban J connectivity index is 3.78. The monoisotopic (exact) mass is 532 g/mol. The molecule has 0 aliphatic rings. The lowest BCUT2D eigenvalue weighted by Crippen LogP contribution is -2.60. The van der Waals surface area contributed by atoms with Crippen LogP contribution < -0.4 is 16.4 Å². The van der Waals surface area contributed by atoms with Gasteiger partial charge in [-0.1, -0.05) is 25.1 Å². The average molecular weight is 533 g/mol. The van der Waals surface area contributed by atoms with Gasteiger partial charge < -0.3 is 26.0 Å². The molecule has 9 heteroatoms. The van der Waals surface area contributed by atoms with Crippen molar-refractivity contribution in [2.75, 3.05) is 0 Å². The maximum atomic E-state index is 14.4. The second kappa shape index (κ2) is 12.6. The maximum absolute atomic E-state index is 14.4. The fraction of sp³-hybridized carbons (Fsp3) is 0.655. The van der Waals surface area contributed by atoms with Gasteiger partial charge in [0.15, 0.2) is 0 Å². The van der Waals surface area contributed by atoms with Crippen LogP contribution >= 0.6 is 0 Å². The molecule has 0 aliphatic heterocycles. The normalized spacial score (nSPS) is 13.8. The summed E-state index contributed by atoms with van der Waals surface area (Å²) >= 11 is 0. The number of ether oxygens (including phenoxy) is 1. The smallest absolute Gasteiger partial charge is 0.408 e. The van der Waals surface area contributed by atoms with Gasteiger partial charge in [0.1, 0.15) is 17.7 Å². The van der Waals surface area contributed by atoms with E-state index in [2.05, 4.69) is 10.6 Å². The number of carbonyl (C=O) groups excluding carboxylic acids is 4. The summed E-state index contributed by atoms with van der Waals surface area (Å²) in [5, 5.41) is 5.67. The second-order valence-electron chi connectivity index (χ2n) is 12.5. The predicted molar refractivity (Wildman–Crippen MR) is 149 cm³/mol. The molecule has 0 aliphatic carbocycles. The van der Waals surface area contributed by atoms with Crippen molar-refractivity contribution in [1.29, 1.82) is 0 Å². The summed E-state index contributed by atoms with van der Waals surface area (Å²) in [5.74, 6) is -1.45. The number of hydrogen-bond donors (Lipinski definition) is 3. The molecule has 0 saturated carbocycles. The van der Waals surface area contributed by atoms with E-state index in [1.165, 1.54) is 0 Å². The minimum absolute atomic E-state index is 0.0376. The first-order valence-electron chi connectivity index (χ1n) is 13.2. The molecule has 0 aromatic heterocycles. The van der Waals surface area contributed by atoms with Crippen LogP contribution in [0, 0.1) is 13.8 Å². The Bertz CT molecular complexity index is 1020. The van der Waals surface area contributed by atoms with Gasteiger partial charge in [0.25, 0.3) is 0 Å². The third-order valence-electron chi connectivity index (χ3n) is 6.37. The van der Waals surface area contributed by atoms with Crippen LogP contribution in [0.5, 0.6) is 0 Å². The summed E-state index contributed by atoms with van der Waals surface area (Å²) in [6, 6.07) is 3.53. The summed E-state index contributed by atoms with van der Waals surface area (Å²) in [5.41, 5.74) is 5.80. The molecule has 0 spiro atoms. The van der Waals surface area contributed by atoms with Crippen LogP contribution in [0.25, 0.3) is 0 Å². The van der Waals surface area contributed by atoms with E-state index in [-0.39, 0.29) is 18.7 Å². The molecule has 1 rings (SSSR count). The molecule has 0 bridgehead atoms. The summed E-state index contributed by atoms with van der Waals surface area (Å²) in [7, 11) is 0. The molecule has 9 nitrogen and oxygen atoms in total. The van der Waals surface area contributed by atoms with Gasteiger partial charge in [-0.05, 0) is 98.8 Å². The molecule has 0 radical (unpaired) electrons. The molecule has 1 aromatic carbocycles. The Morgan fingerprint density at radius 1 is 1.00 bits per heavy atom. The minimum atomic E-state index is -1.14. The van der Waals surface area contributed by atoms with E-state index < -0.39 is 46.7 Å². The molecule has 2 unspecified atom stereocenters. The Hall–Kier alpha value is -3.10. The number of benzene rings is 1. The largest absolute Gasteiger partial charge is 0.444 e. The third kappa shape index (κ3) is 9.65. The van der Waals surface area contributed by atoms with Crippen LogP contribution in [0.15, 0.2) is 18.2 Å². The fourth-order valence-corrected chi connectivity index (χ4v) is 4.01. The lowest BCUT2D eigenvalue weighted by atomic mass is 9.88. The molecule has 4 N–H and O–H groups in total. The van der Waals surface area contributed by atoms with Gasteiger partial charge in [-0.3, -0.25) is 14.4 Å². The zero-order valence-corrected chi connectivity index (χ0v) is 25.1. The summed E-state index contributed by atoms with van der Waals surface area (Å²) in [4.78, 5) is 54.2. The van der Waals surface area contributed by atoms with Crippen molar-refractivity contribution in [1.82, 2.24) is 15.5 Å². The Morgan fingerprint density at radius 3 is 2.05 bits per heavy atom. The molecule has 1 aromatic rings. The van der Waals surface area contributed by atoms with Crippen molar-refractivity contribution in [3.63, 3.8) is 0 Å². The van der Waals surface area contributed by atoms with Gasteiger partial charge in [0.2, 0.25) is 17.7 Å². The number of nitrogens with zero attached hydrogens (tertiary/aromatic N) is 1. The molecule has 0 saturated heterocycles. The number of alkyl carbamates (subject to hydrolysis) is 1. The first-order chi connectivity index (χ1) is 17.2. The van der Waals surface area contributed by atoms with E-state index in [1.807, 2.05) is 73.6 Å². The number of carbonyl (C=O) groups is 4. The SMILES string of the molecule is CCC(C)(C)N(C(=O)C(CCC(N)=O)NC(=O)OC(C)(C)C)C(C(=O)NC(C)(C)C)c1cccc(C)c1C. The van der Waals surface area contributed by atoms with E-state index >= 15 is 0 Å². The lowest BCUT2D eigenvalue weighted by Gasteiger charge is -2.45. The van der Waals surface area contributed by atoms with E-state index in [1.54, 1.807) is 25.7 Å². The van der Waals surface area contributed by atoms with Gasteiger partial charge in [0.05, 0.1) is 0 Å². The molecule has 0 fully saturated rings. The van der Waals surface area contributed by atoms with Crippen molar-refractivity contribution >= 4 is 23.8 Å². The van der Waals surface area contributed by atoms with Gasteiger partial charge in [-0.25, -0.2) is 4.79 Å². The van der Waals surface area contributed by atoms with Gasteiger partial charge in [-0.15, -0.1) is 0 Å². The lowest BCUT2D eigenvalue weighted by molar-refractivity contribution is -0.150. The Labute approximate surface area is 228 Å². The van der Waals surface area contributed by atoms with Crippen LogP contribution in [-0.2, 0) is 19.1 Å². The highest BCUT2D eigenvalue weighted by molar-refractivity contribution is 5.93. The van der Waals surface area contributed by atoms with Gasteiger partial charge in [0, 0.05) is 17.5 Å². The first-order valence-corrected chi connectivity index (χ1v) is 13.2. The highest BCUT2D eigenvalue weighted by Crippen LogP contribution is 2.35. The van der Waals surface area contributed by atoms with Crippen molar-refractivity contribution in [2.45, 2.75) is 124 Å². The molecule has 4 amide bonds. The molecule has 2 atom stereocenters. The van der Waals surface area contributed by atoms with Crippen LogP contribution in [0.3, 0.4) is 0 Å². The van der Waals surface area contributed by atoms with E-state index in [0.717, 1.165) is 11.1 Å². The molecular weight excluding hydrogens is 484 g/mol. The van der Waals surface area contributed by atoms with Crippen molar-refractivity contribution < 1.29 is 23.9 Å². The van der Waals surface area contributed by atoms with Crippen molar-refractivity contribution in [3.8, 4) is 0 Å². The van der Waals surface area contributed by atoms with Crippen molar-refractivity contribution in [3.05, 3.63) is 34.9 Å². The Kier molecular flexibility index (Phi) is 10.9. The van der Waals surface area contributed by atoms with Gasteiger partial charge in [-0.2, -0.15) is 0 Å². The molecule has 0 heterocycles. The zero-order valence-electron chi connectivity index (χ0n) is 25.1. The number of rotatable bonds is 10. The van der Waals surface area contributed by atoms with E-state index in [4.69, 9.17) is 10.5 Å². The number of nitrogens with one attached hydrogen (secondary N) is 2. The first kappa shape index (κ1) is 32.9. The summed E-state index contributed by atoms with van der Waals surface area (Å²) in [6.45, 7) is 20.3. The van der Waals surface area contributed by atoms with Crippen molar-refractivity contribution in [2.24, 2.45) is 5.73 Å². The minimum Gasteiger partial charge on any atom is -0.444 e. The molecule has 214 valence electrons. The predicted octanol–water partition coefficient (Wildman–Crippen LogP) is 4.44. The standard InChI is InChI=1S/C29H48N4O5/c1-12-29(10,11)33(25(36)21(16-17-22(30)34)31-26(37)38-28(7,8)9)23(24(35)32-27(4,5)6)20-15-13-14-18(2)19(20)3/h13-15,21,23H,12,16-17H2,1-11H3,(H2,30,34)(H,31,37)(H,32,35). The maximum Gasteiger partial charge on any atom is 0.408 e. The highest BCUT2D eigenvalue weighted by Gasteiger charge is 2.44.